The molecule has 1 N–H and O–H groups in total. The molecule has 1 unspecified atom stereocenters. The lowest BCUT2D eigenvalue weighted by Gasteiger charge is -2.32. The Morgan fingerprint density at radius 3 is 2.57 bits per heavy atom. The number of hydrogen-bond donors (Lipinski definition) is 1. The third-order valence-corrected chi connectivity index (χ3v) is 5.13. The van der Waals surface area contributed by atoms with E-state index in [-0.39, 0.29) is 47.6 Å². The fraction of sp³-hybridized carbons (Fsp3) is 0.556. The molecule has 1 fully saturated rings. The molecule has 0 bridgehead atoms. The Kier molecular flexibility index (Phi) is 8.22. The summed E-state index contributed by atoms with van der Waals surface area (Å²) in [5.74, 6) is 0.278. The van der Waals surface area contributed by atoms with E-state index >= 15 is 0 Å². The molecule has 10 heteroatoms. The Balaban J connectivity index is 0.00000196. The number of nitrogens with zero attached hydrogens (tertiary/aromatic N) is 4. The van der Waals surface area contributed by atoms with Gasteiger partial charge in [-0.1, -0.05) is 0 Å². The van der Waals surface area contributed by atoms with E-state index in [4.69, 9.17) is 0 Å². The molecule has 1 atom stereocenters. The highest BCUT2D eigenvalue weighted by atomic mass is 35.5. The van der Waals surface area contributed by atoms with Gasteiger partial charge in [-0.2, -0.15) is 0 Å². The number of amides is 1. The van der Waals surface area contributed by atoms with Crippen LogP contribution in [0.4, 0.5) is 0 Å². The number of nitrogens with one attached hydrogen (secondary N) is 1. The fourth-order valence-electron chi connectivity index (χ4n) is 3.71. The van der Waals surface area contributed by atoms with Gasteiger partial charge in [0.2, 0.25) is 0 Å². The highest BCUT2D eigenvalue weighted by molar-refractivity contribution is 5.95. The Bertz CT molecular complexity index is 984. The summed E-state index contributed by atoms with van der Waals surface area (Å²) in [7, 11) is 4.92. The molecule has 1 saturated heterocycles. The second-order valence-corrected chi connectivity index (χ2v) is 7.05. The van der Waals surface area contributed by atoms with Crippen LogP contribution in [0.25, 0.3) is 11.0 Å². The molecule has 0 aromatic carbocycles. The maximum Gasteiger partial charge on any atom is 0.332 e. The number of piperidine rings is 1. The summed E-state index contributed by atoms with van der Waals surface area (Å²) in [6.07, 6.45) is 2.06. The number of likely N-dealkylation sites (tertiary alicyclic amines) is 1. The molecule has 0 spiro atoms. The van der Waals surface area contributed by atoms with Crippen molar-refractivity contribution in [2.45, 2.75) is 19.8 Å². The predicted molar refractivity (Wildman–Crippen MR) is 114 cm³/mol. The summed E-state index contributed by atoms with van der Waals surface area (Å²) in [5.41, 5.74) is 0.345. The zero-order valence-corrected chi connectivity index (χ0v) is 18.2. The first-order valence-electron chi connectivity index (χ1n) is 8.86. The minimum atomic E-state index is -0.453. The number of carbonyl (C=O) groups excluding carboxylic acids is 1. The second-order valence-electron chi connectivity index (χ2n) is 7.05. The molecule has 1 aliphatic heterocycles. The van der Waals surface area contributed by atoms with E-state index in [2.05, 4.69) is 10.3 Å². The summed E-state index contributed by atoms with van der Waals surface area (Å²) >= 11 is 0. The van der Waals surface area contributed by atoms with Gasteiger partial charge in [-0.05, 0) is 50.9 Å². The molecule has 156 valence electrons. The number of rotatable bonds is 3. The van der Waals surface area contributed by atoms with E-state index in [1.165, 1.54) is 11.6 Å². The summed E-state index contributed by atoms with van der Waals surface area (Å²) in [4.78, 5) is 43.8. The number of pyridine rings is 1. The van der Waals surface area contributed by atoms with Gasteiger partial charge in [0.25, 0.3) is 11.5 Å². The lowest BCUT2D eigenvalue weighted by atomic mass is 9.97. The molecule has 2 aromatic rings. The van der Waals surface area contributed by atoms with Crippen LogP contribution in [0.2, 0.25) is 0 Å². The molecule has 1 amide bonds. The number of hydrogen-bond acceptors (Lipinski definition) is 5. The van der Waals surface area contributed by atoms with Crippen molar-refractivity contribution in [1.29, 1.82) is 0 Å². The van der Waals surface area contributed by atoms with Gasteiger partial charge in [0.05, 0.1) is 5.39 Å². The normalized spacial score (nSPS) is 16.4. The monoisotopic (exact) mass is 431 g/mol. The minimum Gasteiger partial charge on any atom is -0.337 e. The van der Waals surface area contributed by atoms with Crippen LogP contribution in [0.5, 0.6) is 0 Å². The SMILES string of the molecule is CNCC1CCCN(C(=O)c2cc(C)c3c(=O)n(C)c(=O)n(C)c3n2)C1.Cl.Cl. The molecule has 2 aromatic heterocycles. The summed E-state index contributed by atoms with van der Waals surface area (Å²) in [5, 5.41) is 3.54. The molecular formula is C18H27Cl2N5O3. The fourth-order valence-corrected chi connectivity index (χ4v) is 3.71. The van der Waals surface area contributed by atoms with E-state index in [0.717, 1.165) is 24.0 Å². The number of fused-ring (bicyclic) bond motifs is 1. The smallest absolute Gasteiger partial charge is 0.332 e. The quantitative estimate of drug-likeness (QED) is 0.777. The molecule has 28 heavy (non-hydrogen) atoms. The lowest BCUT2D eigenvalue weighted by Crippen LogP contribution is -2.43. The van der Waals surface area contributed by atoms with Gasteiger partial charge in [-0.3, -0.25) is 18.7 Å². The largest absolute Gasteiger partial charge is 0.337 e. The standard InChI is InChI=1S/C18H25N5O3.2ClH/c1-11-8-13(16(24)23-7-5-6-12(10-23)9-19-2)20-15-14(11)17(25)22(4)18(26)21(15)3;;/h8,12,19H,5-7,9-10H2,1-4H3;2*1H. The van der Waals surface area contributed by atoms with E-state index < -0.39 is 5.69 Å². The first-order chi connectivity index (χ1) is 12.3. The summed E-state index contributed by atoms with van der Waals surface area (Å²) < 4.78 is 2.38. The van der Waals surface area contributed by atoms with Crippen LogP contribution in [0.3, 0.4) is 0 Å². The number of halogens is 2. The van der Waals surface area contributed by atoms with Gasteiger partial charge < -0.3 is 10.2 Å². The van der Waals surface area contributed by atoms with Crippen molar-refractivity contribution in [3.05, 3.63) is 38.2 Å². The Morgan fingerprint density at radius 2 is 1.93 bits per heavy atom. The molecule has 3 heterocycles. The molecule has 0 aliphatic carbocycles. The highest BCUT2D eigenvalue weighted by Crippen LogP contribution is 2.19. The summed E-state index contributed by atoms with van der Waals surface area (Å²) in [6.45, 7) is 4.03. The van der Waals surface area contributed by atoms with Crippen molar-refractivity contribution < 1.29 is 4.79 Å². The zero-order valence-electron chi connectivity index (χ0n) is 16.5. The Labute approximate surface area is 175 Å². The second kappa shape index (κ2) is 9.54. The third-order valence-electron chi connectivity index (χ3n) is 5.13. The van der Waals surface area contributed by atoms with Crippen LogP contribution < -0.4 is 16.6 Å². The van der Waals surface area contributed by atoms with E-state index in [1.807, 2.05) is 11.9 Å². The number of aromatic nitrogens is 3. The molecule has 3 rings (SSSR count). The maximum absolute atomic E-state index is 13.0. The van der Waals surface area contributed by atoms with Crippen LogP contribution >= 0.6 is 24.8 Å². The van der Waals surface area contributed by atoms with Gasteiger partial charge in [0.15, 0.2) is 0 Å². The van der Waals surface area contributed by atoms with Gasteiger partial charge in [-0.25, -0.2) is 9.78 Å². The third kappa shape index (κ3) is 4.24. The molecular weight excluding hydrogens is 405 g/mol. The van der Waals surface area contributed by atoms with Crippen molar-refractivity contribution >= 4 is 41.8 Å². The Hall–Kier alpha value is -1.90. The van der Waals surface area contributed by atoms with Crippen molar-refractivity contribution in [2.75, 3.05) is 26.7 Å². The average Bonchev–Trinajstić information content (AvgIpc) is 2.64. The van der Waals surface area contributed by atoms with Crippen LogP contribution in [0.1, 0.15) is 28.9 Å². The van der Waals surface area contributed by atoms with E-state index in [0.29, 0.717) is 30.0 Å². The number of carbonyl (C=O) groups is 1. The lowest BCUT2D eigenvalue weighted by molar-refractivity contribution is 0.0668. The predicted octanol–water partition coefficient (Wildman–Crippen LogP) is 0.856. The number of aryl methyl sites for hydroxylation is 2. The molecule has 1 aliphatic rings. The minimum absolute atomic E-state index is 0. The van der Waals surface area contributed by atoms with Crippen molar-refractivity contribution in [1.82, 2.24) is 24.3 Å². The molecule has 0 saturated carbocycles. The van der Waals surface area contributed by atoms with Gasteiger partial charge in [-0.15, -0.1) is 24.8 Å². The zero-order chi connectivity index (χ0) is 19.0. The Morgan fingerprint density at radius 1 is 1.25 bits per heavy atom. The van der Waals surface area contributed by atoms with Gasteiger partial charge >= 0.3 is 5.69 Å². The molecule has 0 radical (unpaired) electrons. The van der Waals surface area contributed by atoms with Crippen LogP contribution in [-0.4, -0.2) is 51.6 Å². The molecule has 8 nitrogen and oxygen atoms in total. The maximum atomic E-state index is 13.0. The average molecular weight is 432 g/mol. The summed E-state index contributed by atoms with van der Waals surface area (Å²) in [6, 6.07) is 1.65. The van der Waals surface area contributed by atoms with E-state index in [1.54, 1.807) is 20.0 Å². The van der Waals surface area contributed by atoms with Crippen LogP contribution in [0, 0.1) is 12.8 Å². The van der Waals surface area contributed by atoms with Crippen molar-refractivity contribution in [3.63, 3.8) is 0 Å². The van der Waals surface area contributed by atoms with Crippen LogP contribution in [0.15, 0.2) is 15.7 Å². The van der Waals surface area contributed by atoms with Crippen molar-refractivity contribution in [3.8, 4) is 0 Å². The van der Waals surface area contributed by atoms with Gasteiger partial charge in [0.1, 0.15) is 11.3 Å². The van der Waals surface area contributed by atoms with Gasteiger partial charge in [0, 0.05) is 27.2 Å². The highest BCUT2D eigenvalue weighted by Gasteiger charge is 2.26. The van der Waals surface area contributed by atoms with Crippen molar-refractivity contribution in [2.24, 2.45) is 20.0 Å². The van der Waals surface area contributed by atoms with Crippen LogP contribution in [-0.2, 0) is 14.1 Å². The topological polar surface area (TPSA) is 89.2 Å². The first-order valence-corrected chi connectivity index (χ1v) is 8.86. The first kappa shape index (κ1) is 24.1. The van der Waals surface area contributed by atoms with E-state index in [9.17, 15) is 14.4 Å².